The van der Waals surface area contributed by atoms with Gasteiger partial charge in [-0.05, 0) is 31.2 Å². The number of anilines is 1. The summed E-state index contributed by atoms with van der Waals surface area (Å²) in [6.45, 7) is 1.70. The van der Waals surface area contributed by atoms with Crippen LogP contribution in [0.4, 0.5) is 14.5 Å². The molecule has 2 aromatic rings. The molecular formula is C16H13F2NO3. The Hall–Kier alpha value is -2.63. The van der Waals surface area contributed by atoms with Gasteiger partial charge in [0.05, 0.1) is 0 Å². The molecule has 3 rings (SSSR count). The SMILES string of the molecule is C[C@@H]1Oc2ccccc2O[C@H]1C(=O)Nc1ccc(F)c(F)c1. The number of ether oxygens (including phenoxy) is 2. The molecule has 2 atom stereocenters. The number of hydrogen-bond donors (Lipinski definition) is 1. The van der Waals surface area contributed by atoms with E-state index in [1.54, 1.807) is 31.2 Å². The third-order valence-corrected chi connectivity index (χ3v) is 3.29. The Balaban J connectivity index is 1.76. The zero-order valence-corrected chi connectivity index (χ0v) is 11.7. The second-order valence-corrected chi connectivity index (χ2v) is 4.93. The van der Waals surface area contributed by atoms with Crippen molar-refractivity contribution < 1.29 is 23.0 Å². The Morgan fingerprint density at radius 2 is 1.73 bits per heavy atom. The van der Waals surface area contributed by atoms with Crippen molar-refractivity contribution in [1.29, 1.82) is 0 Å². The molecule has 1 heterocycles. The van der Waals surface area contributed by atoms with Crippen molar-refractivity contribution >= 4 is 11.6 Å². The summed E-state index contributed by atoms with van der Waals surface area (Å²) in [5.41, 5.74) is 0.151. The Morgan fingerprint density at radius 1 is 1.05 bits per heavy atom. The van der Waals surface area contributed by atoms with Crippen LogP contribution < -0.4 is 14.8 Å². The summed E-state index contributed by atoms with van der Waals surface area (Å²) in [5, 5.41) is 2.49. The van der Waals surface area contributed by atoms with E-state index in [-0.39, 0.29) is 5.69 Å². The van der Waals surface area contributed by atoms with Gasteiger partial charge in [-0.25, -0.2) is 8.78 Å². The smallest absolute Gasteiger partial charge is 0.269 e. The third-order valence-electron chi connectivity index (χ3n) is 3.29. The normalized spacial score (nSPS) is 19.6. The highest BCUT2D eigenvalue weighted by atomic mass is 19.2. The Kier molecular flexibility index (Phi) is 3.66. The van der Waals surface area contributed by atoms with Crippen molar-refractivity contribution in [1.82, 2.24) is 0 Å². The lowest BCUT2D eigenvalue weighted by molar-refractivity contribution is -0.128. The van der Waals surface area contributed by atoms with Crippen LogP contribution in [0.1, 0.15) is 6.92 Å². The first-order chi connectivity index (χ1) is 10.5. The van der Waals surface area contributed by atoms with E-state index < -0.39 is 29.7 Å². The van der Waals surface area contributed by atoms with Gasteiger partial charge in [0.2, 0.25) is 6.10 Å². The zero-order chi connectivity index (χ0) is 15.7. The Bertz CT molecular complexity index is 720. The molecule has 4 nitrogen and oxygen atoms in total. The van der Waals surface area contributed by atoms with E-state index in [0.717, 1.165) is 12.1 Å². The number of nitrogens with one attached hydrogen (secondary N) is 1. The van der Waals surface area contributed by atoms with Crippen LogP contribution in [0.5, 0.6) is 11.5 Å². The van der Waals surface area contributed by atoms with Gasteiger partial charge in [0.1, 0.15) is 6.10 Å². The molecule has 0 fully saturated rings. The molecule has 1 amide bonds. The van der Waals surface area contributed by atoms with Crippen LogP contribution in [0.15, 0.2) is 42.5 Å². The number of benzene rings is 2. The van der Waals surface area contributed by atoms with Gasteiger partial charge in [-0.15, -0.1) is 0 Å². The van der Waals surface area contributed by atoms with E-state index in [9.17, 15) is 13.6 Å². The van der Waals surface area contributed by atoms with E-state index in [1.165, 1.54) is 6.07 Å². The maximum absolute atomic E-state index is 13.2. The number of hydrogen-bond acceptors (Lipinski definition) is 3. The van der Waals surface area contributed by atoms with Crippen LogP contribution >= 0.6 is 0 Å². The molecule has 0 saturated carbocycles. The van der Waals surface area contributed by atoms with Crippen molar-refractivity contribution in [3.8, 4) is 11.5 Å². The Labute approximate surface area is 125 Å². The van der Waals surface area contributed by atoms with Crippen LogP contribution in [0.25, 0.3) is 0 Å². The molecule has 0 aliphatic carbocycles. The van der Waals surface area contributed by atoms with Gasteiger partial charge in [0.15, 0.2) is 23.1 Å². The van der Waals surface area contributed by atoms with Gasteiger partial charge < -0.3 is 14.8 Å². The van der Waals surface area contributed by atoms with E-state index in [4.69, 9.17) is 9.47 Å². The molecule has 0 unspecified atom stereocenters. The van der Waals surface area contributed by atoms with Gasteiger partial charge in [-0.3, -0.25) is 4.79 Å². The molecule has 1 aliphatic rings. The highest BCUT2D eigenvalue weighted by molar-refractivity contribution is 5.95. The van der Waals surface area contributed by atoms with E-state index >= 15 is 0 Å². The number of carbonyl (C=O) groups is 1. The molecule has 1 N–H and O–H groups in total. The average molecular weight is 305 g/mol. The van der Waals surface area contributed by atoms with Gasteiger partial charge in [-0.2, -0.15) is 0 Å². The minimum absolute atomic E-state index is 0.151. The molecule has 0 saturated heterocycles. The molecule has 0 radical (unpaired) electrons. The number of amides is 1. The second-order valence-electron chi connectivity index (χ2n) is 4.93. The van der Waals surface area contributed by atoms with Gasteiger partial charge >= 0.3 is 0 Å². The number of para-hydroxylation sites is 2. The lowest BCUT2D eigenvalue weighted by atomic mass is 10.1. The quantitative estimate of drug-likeness (QED) is 0.927. The molecule has 22 heavy (non-hydrogen) atoms. The monoisotopic (exact) mass is 305 g/mol. The van der Waals surface area contributed by atoms with Crippen LogP contribution in [-0.2, 0) is 4.79 Å². The first-order valence-corrected chi connectivity index (χ1v) is 6.73. The third kappa shape index (κ3) is 2.72. The largest absolute Gasteiger partial charge is 0.482 e. The fraction of sp³-hybridized carbons (Fsp3) is 0.188. The van der Waals surface area contributed by atoms with Crippen molar-refractivity contribution in [2.75, 3.05) is 5.32 Å². The van der Waals surface area contributed by atoms with Crippen LogP contribution in [-0.4, -0.2) is 18.1 Å². The highest BCUT2D eigenvalue weighted by Crippen LogP contribution is 2.33. The minimum Gasteiger partial charge on any atom is -0.482 e. The predicted octanol–water partition coefficient (Wildman–Crippen LogP) is 3.13. The highest BCUT2D eigenvalue weighted by Gasteiger charge is 2.34. The Morgan fingerprint density at radius 3 is 2.41 bits per heavy atom. The topological polar surface area (TPSA) is 47.6 Å². The van der Waals surface area contributed by atoms with Gasteiger partial charge in [0, 0.05) is 11.8 Å². The summed E-state index contributed by atoms with van der Waals surface area (Å²) in [7, 11) is 0. The van der Waals surface area contributed by atoms with Crippen LogP contribution in [0.2, 0.25) is 0 Å². The lowest BCUT2D eigenvalue weighted by Gasteiger charge is -2.31. The predicted molar refractivity (Wildman–Crippen MR) is 75.9 cm³/mol. The first-order valence-electron chi connectivity index (χ1n) is 6.73. The van der Waals surface area contributed by atoms with E-state index in [1.807, 2.05) is 0 Å². The van der Waals surface area contributed by atoms with Crippen molar-refractivity contribution in [3.05, 3.63) is 54.1 Å². The van der Waals surface area contributed by atoms with Gasteiger partial charge in [-0.1, -0.05) is 12.1 Å². The van der Waals surface area contributed by atoms with Crippen LogP contribution in [0.3, 0.4) is 0 Å². The van der Waals surface area contributed by atoms with Crippen molar-refractivity contribution in [3.63, 3.8) is 0 Å². The summed E-state index contributed by atoms with van der Waals surface area (Å²) in [6.07, 6.45) is -1.40. The number of rotatable bonds is 2. The van der Waals surface area contributed by atoms with Crippen LogP contribution in [0, 0.1) is 11.6 Å². The molecular weight excluding hydrogens is 292 g/mol. The fourth-order valence-corrected chi connectivity index (χ4v) is 2.19. The van der Waals surface area contributed by atoms with Crippen molar-refractivity contribution in [2.24, 2.45) is 0 Å². The molecule has 6 heteroatoms. The number of fused-ring (bicyclic) bond motifs is 1. The first kappa shape index (κ1) is 14.3. The summed E-state index contributed by atoms with van der Waals surface area (Å²) in [4.78, 5) is 12.3. The van der Waals surface area contributed by atoms with E-state index in [0.29, 0.717) is 11.5 Å². The maximum atomic E-state index is 13.2. The molecule has 0 aromatic heterocycles. The van der Waals surface area contributed by atoms with Gasteiger partial charge in [0.25, 0.3) is 5.91 Å². The standard InChI is InChI=1S/C16H13F2NO3/c1-9-15(22-14-5-3-2-4-13(14)21-9)16(20)19-10-6-7-11(17)12(18)8-10/h2-9,15H,1H3,(H,19,20)/t9-,15+/m0/s1. The molecule has 0 bridgehead atoms. The van der Waals surface area contributed by atoms with E-state index in [2.05, 4.69) is 5.32 Å². The summed E-state index contributed by atoms with van der Waals surface area (Å²) < 4.78 is 37.3. The number of halogens is 2. The zero-order valence-electron chi connectivity index (χ0n) is 11.7. The molecule has 2 aromatic carbocycles. The second kappa shape index (κ2) is 5.63. The number of carbonyl (C=O) groups excluding carboxylic acids is 1. The molecule has 1 aliphatic heterocycles. The summed E-state index contributed by atoms with van der Waals surface area (Å²) in [5.74, 6) is -1.47. The fourth-order valence-electron chi connectivity index (χ4n) is 2.19. The average Bonchev–Trinajstić information content (AvgIpc) is 2.50. The lowest BCUT2D eigenvalue weighted by Crippen LogP contribution is -2.46. The van der Waals surface area contributed by atoms with Crippen molar-refractivity contribution in [2.45, 2.75) is 19.1 Å². The molecule has 0 spiro atoms. The minimum atomic E-state index is -1.03. The molecule has 114 valence electrons. The summed E-state index contributed by atoms with van der Waals surface area (Å²) in [6, 6.07) is 10.1. The summed E-state index contributed by atoms with van der Waals surface area (Å²) >= 11 is 0. The maximum Gasteiger partial charge on any atom is 0.269 e.